The summed E-state index contributed by atoms with van der Waals surface area (Å²) in [5.41, 5.74) is 2.46. The van der Waals surface area contributed by atoms with Crippen LogP contribution in [0.1, 0.15) is 0 Å². The molecule has 0 saturated carbocycles. The minimum absolute atomic E-state index is 0.407. The molecule has 0 amide bonds. The van der Waals surface area contributed by atoms with Crippen LogP contribution in [0.15, 0.2) is 35.7 Å². The van der Waals surface area contributed by atoms with Crippen molar-refractivity contribution in [3.05, 3.63) is 65.8 Å². The molecule has 0 aliphatic rings. The van der Waals surface area contributed by atoms with Crippen LogP contribution in [-0.4, -0.2) is 0 Å². The van der Waals surface area contributed by atoms with Crippen LogP contribution in [0.2, 0.25) is 30.1 Å². The van der Waals surface area contributed by atoms with Gasteiger partial charge in [-0.1, -0.05) is 69.6 Å². The quantitative estimate of drug-likeness (QED) is 0.347. The Morgan fingerprint density at radius 3 is 1.61 bits per heavy atom. The van der Waals surface area contributed by atoms with E-state index in [0.717, 1.165) is 21.6 Å². The van der Waals surface area contributed by atoms with Gasteiger partial charge in [-0.25, -0.2) is 0 Å². The molecule has 0 atom stereocenters. The topological polar surface area (TPSA) is 0 Å². The average Bonchev–Trinajstić information content (AvgIpc) is 2.95. The summed E-state index contributed by atoms with van der Waals surface area (Å²) in [6.45, 7) is 0. The number of halogens is 6. The van der Waals surface area contributed by atoms with Crippen molar-refractivity contribution >= 4 is 80.9 Å². The fraction of sp³-hybridized carbons (Fsp3) is 0. The van der Waals surface area contributed by atoms with Crippen molar-refractivity contribution < 1.29 is 0 Å². The Kier molecular flexibility index (Phi) is 5.40. The van der Waals surface area contributed by atoms with Crippen LogP contribution < -0.4 is 0 Å². The summed E-state index contributed by atoms with van der Waals surface area (Å²) in [6.07, 6.45) is 0. The fourth-order valence-corrected chi connectivity index (χ4v) is 4.44. The first-order valence-corrected chi connectivity index (χ1v) is 9.40. The van der Waals surface area contributed by atoms with E-state index in [4.69, 9.17) is 69.6 Å². The molecule has 0 N–H and O–H groups in total. The van der Waals surface area contributed by atoms with Crippen LogP contribution >= 0.6 is 80.9 Å². The van der Waals surface area contributed by atoms with Gasteiger partial charge in [0, 0.05) is 21.6 Å². The van der Waals surface area contributed by atoms with Gasteiger partial charge >= 0.3 is 0 Å². The SMILES string of the molecule is Clc1cc(Cl)c(-c2ccsc2-c2cc(Cl)c(Cl)cc2Cl)cc1Cl. The summed E-state index contributed by atoms with van der Waals surface area (Å²) in [6, 6.07) is 8.68. The number of hydrogen-bond donors (Lipinski definition) is 0. The van der Waals surface area contributed by atoms with Crippen molar-refractivity contribution in [1.29, 1.82) is 0 Å². The first kappa shape index (κ1) is 17.7. The molecule has 3 rings (SSSR count). The van der Waals surface area contributed by atoms with Gasteiger partial charge in [0.15, 0.2) is 0 Å². The van der Waals surface area contributed by atoms with E-state index in [1.165, 1.54) is 11.3 Å². The van der Waals surface area contributed by atoms with Crippen molar-refractivity contribution in [2.24, 2.45) is 0 Å². The molecule has 0 nitrogen and oxygen atoms in total. The normalized spacial score (nSPS) is 11.0. The van der Waals surface area contributed by atoms with Crippen LogP contribution in [0.5, 0.6) is 0 Å². The highest BCUT2D eigenvalue weighted by molar-refractivity contribution is 7.14. The molecule has 7 heteroatoms. The Labute approximate surface area is 167 Å². The summed E-state index contributed by atoms with van der Waals surface area (Å²) in [5.74, 6) is 0. The monoisotopic (exact) mass is 440 g/mol. The number of hydrogen-bond acceptors (Lipinski definition) is 1. The summed E-state index contributed by atoms with van der Waals surface area (Å²) < 4.78 is 0. The third kappa shape index (κ3) is 3.48. The second-order valence-electron chi connectivity index (χ2n) is 4.66. The summed E-state index contributed by atoms with van der Waals surface area (Å²) in [4.78, 5) is 0.925. The van der Waals surface area contributed by atoms with Gasteiger partial charge in [-0.05, 0) is 35.7 Å². The fourth-order valence-electron chi connectivity index (χ4n) is 2.16. The maximum atomic E-state index is 6.33. The molecular weight excluding hydrogens is 437 g/mol. The molecule has 0 bridgehead atoms. The summed E-state index contributed by atoms with van der Waals surface area (Å²) in [7, 11) is 0. The molecule has 0 aliphatic heterocycles. The lowest BCUT2D eigenvalue weighted by atomic mass is 10.0. The lowest BCUT2D eigenvalue weighted by molar-refractivity contribution is 1.64. The molecule has 0 radical (unpaired) electrons. The second kappa shape index (κ2) is 7.01. The Morgan fingerprint density at radius 1 is 0.522 bits per heavy atom. The van der Waals surface area contributed by atoms with Crippen LogP contribution in [-0.2, 0) is 0 Å². The van der Waals surface area contributed by atoms with Gasteiger partial charge in [-0.2, -0.15) is 0 Å². The molecule has 3 aromatic rings. The van der Waals surface area contributed by atoms with Crippen LogP contribution in [0.4, 0.5) is 0 Å². The number of benzene rings is 2. The minimum atomic E-state index is 0.407. The van der Waals surface area contributed by atoms with Crippen molar-refractivity contribution in [2.45, 2.75) is 0 Å². The van der Waals surface area contributed by atoms with Gasteiger partial charge in [0.1, 0.15) is 0 Å². The molecular formula is C16H6Cl6S. The summed E-state index contributed by atoms with van der Waals surface area (Å²) >= 11 is 38.4. The molecule has 0 saturated heterocycles. The number of rotatable bonds is 2. The highest BCUT2D eigenvalue weighted by Gasteiger charge is 2.17. The highest BCUT2D eigenvalue weighted by atomic mass is 35.5. The number of thiophene rings is 1. The molecule has 2 aromatic carbocycles. The Bertz CT molecular complexity index is 828. The zero-order valence-electron chi connectivity index (χ0n) is 11.1. The molecule has 0 aliphatic carbocycles. The van der Waals surface area contributed by atoms with E-state index in [1.807, 2.05) is 11.4 Å². The Balaban J connectivity index is 2.22. The van der Waals surface area contributed by atoms with Gasteiger partial charge in [0.2, 0.25) is 0 Å². The maximum Gasteiger partial charge on any atom is 0.0607 e. The van der Waals surface area contributed by atoms with E-state index in [1.54, 1.807) is 24.3 Å². The van der Waals surface area contributed by atoms with Gasteiger partial charge < -0.3 is 0 Å². The Morgan fingerprint density at radius 2 is 1.00 bits per heavy atom. The third-order valence-electron chi connectivity index (χ3n) is 3.22. The minimum Gasteiger partial charge on any atom is -0.143 e. The predicted molar refractivity (Wildman–Crippen MR) is 105 cm³/mol. The lowest BCUT2D eigenvalue weighted by Gasteiger charge is -2.10. The van der Waals surface area contributed by atoms with E-state index in [9.17, 15) is 0 Å². The molecule has 0 unspecified atom stereocenters. The molecule has 1 aromatic heterocycles. The maximum absolute atomic E-state index is 6.33. The summed E-state index contributed by atoms with van der Waals surface area (Å²) in [5, 5.41) is 4.65. The van der Waals surface area contributed by atoms with E-state index in [0.29, 0.717) is 30.1 Å². The first-order chi connectivity index (χ1) is 10.9. The zero-order chi connectivity index (χ0) is 16.7. The largest absolute Gasteiger partial charge is 0.143 e. The van der Waals surface area contributed by atoms with Gasteiger partial charge in [-0.3, -0.25) is 0 Å². The van der Waals surface area contributed by atoms with E-state index >= 15 is 0 Å². The van der Waals surface area contributed by atoms with Gasteiger partial charge in [-0.15, -0.1) is 11.3 Å². The molecule has 0 fully saturated rings. The third-order valence-corrected chi connectivity index (χ3v) is 6.24. The highest BCUT2D eigenvalue weighted by Crippen LogP contribution is 2.45. The average molecular weight is 443 g/mol. The zero-order valence-corrected chi connectivity index (χ0v) is 16.5. The molecule has 118 valence electrons. The van der Waals surface area contributed by atoms with Crippen molar-refractivity contribution in [3.63, 3.8) is 0 Å². The standard InChI is InChI=1S/C16H6Cl6S/c17-10-5-14(21)12(19)3-8(10)7-1-2-23-16(7)9-4-13(20)15(22)6-11(9)18/h1-6H. The van der Waals surface area contributed by atoms with E-state index in [-0.39, 0.29) is 0 Å². The van der Waals surface area contributed by atoms with E-state index < -0.39 is 0 Å². The smallest absolute Gasteiger partial charge is 0.0607 e. The first-order valence-electron chi connectivity index (χ1n) is 6.26. The second-order valence-corrected chi connectivity index (χ2v) is 8.02. The van der Waals surface area contributed by atoms with Crippen molar-refractivity contribution in [1.82, 2.24) is 0 Å². The molecule has 1 heterocycles. The Hall–Kier alpha value is -0.120. The van der Waals surface area contributed by atoms with E-state index in [2.05, 4.69) is 0 Å². The van der Waals surface area contributed by atoms with Crippen LogP contribution in [0.25, 0.3) is 21.6 Å². The molecule has 23 heavy (non-hydrogen) atoms. The van der Waals surface area contributed by atoms with Gasteiger partial charge in [0.25, 0.3) is 0 Å². The molecule has 0 spiro atoms. The van der Waals surface area contributed by atoms with Gasteiger partial charge in [0.05, 0.1) is 30.1 Å². The van der Waals surface area contributed by atoms with Crippen molar-refractivity contribution in [3.8, 4) is 21.6 Å². The lowest BCUT2D eigenvalue weighted by Crippen LogP contribution is -1.84. The van der Waals surface area contributed by atoms with Crippen LogP contribution in [0.3, 0.4) is 0 Å². The predicted octanol–water partition coefficient (Wildman–Crippen LogP) is 9.00. The van der Waals surface area contributed by atoms with Crippen LogP contribution in [0, 0.1) is 0 Å². The van der Waals surface area contributed by atoms with Crippen molar-refractivity contribution in [2.75, 3.05) is 0 Å².